The lowest BCUT2D eigenvalue weighted by Crippen LogP contribution is -2.29. The number of carbonyl (C=O) groups is 1. The first kappa shape index (κ1) is 17.7. The molecule has 0 fully saturated rings. The fourth-order valence-electron chi connectivity index (χ4n) is 1.55. The molecule has 0 saturated carbocycles. The number of halogens is 3. The van der Waals surface area contributed by atoms with Crippen molar-refractivity contribution in [1.82, 2.24) is 9.71 Å². The molecule has 0 atom stereocenters. The van der Waals surface area contributed by atoms with Gasteiger partial charge in [0.1, 0.15) is 5.15 Å². The summed E-state index contributed by atoms with van der Waals surface area (Å²) >= 11 is 17.2. The van der Waals surface area contributed by atoms with Crippen molar-refractivity contribution in [3.63, 3.8) is 0 Å². The van der Waals surface area contributed by atoms with Crippen LogP contribution in [0.4, 0.5) is 0 Å². The maximum Gasteiger partial charge on any atom is 0.266 e. The Morgan fingerprint density at radius 3 is 2.48 bits per heavy atom. The molecule has 0 unspecified atom stereocenters. The van der Waals surface area contributed by atoms with Gasteiger partial charge in [-0.05, 0) is 35.9 Å². The minimum Gasteiger partial charge on any atom is -0.268 e. The van der Waals surface area contributed by atoms with Gasteiger partial charge in [0.2, 0.25) is 0 Å². The summed E-state index contributed by atoms with van der Waals surface area (Å²) in [5.41, 5.74) is 0.512. The van der Waals surface area contributed by atoms with E-state index in [0.29, 0.717) is 10.6 Å². The molecule has 1 aromatic carbocycles. The normalized spacial score (nSPS) is 11.6. The van der Waals surface area contributed by atoms with Gasteiger partial charge in [0, 0.05) is 11.2 Å². The van der Waals surface area contributed by atoms with Crippen LogP contribution in [0.25, 0.3) is 6.08 Å². The van der Waals surface area contributed by atoms with Crippen LogP contribution in [0.5, 0.6) is 0 Å². The Morgan fingerprint density at radius 2 is 1.87 bits per heavy atom. The maximum absolute atomic E-state index is 12.0. The third-order valence-corrected chi connectivity index (χ3v) is 4.34. The molecule has 0 aliphatic heterocycles. The molecule has 2 aromatic rings. The van der Waals surface area contributed by atoms with Crippen molar-refractivity contribution in [1.29, 1.82) is 0 Å². The number of sulfonamides is 1. The Bertz CT molecular complexity index is 865. The standard InChI is InChI=1S/C14H9Cl3N2O3S/c15-10-2-3-11(12(16)7-10)14(20)19-23(21,22)6-5-9-1-4-13(17)18-8-9/h1-8H,(H,19,20)/b6-5+. The zero-order chi connectivity index (χ0) is 17.0. The third-order valence-electron chi connectivity index (χ3n) is 2.60. The summed E-state index contributed by atoms with van der Waals surface area (Å²) in [6.07, 6.45) is 2.68. The van der Waals surface area contributed by atoms with Crippen LogP contribution in [0.15, 0.2) is 41.9 Å². The molecule has 120 valence electrons. The van der Waals surface area contributed by atoms with Crippen LogP contribution in [-0.4, -0.2) is 19.3 Å². The van der Waals surface area contributed by atoms with E-state index < -0.39 is 15.9 Å². The van der Waals surface area contributed by atoms with Gasteiger partial charge < -0.3 is 0 Å². The Morgan fingerprint density at radius 1 is 1.13 bits per heavy atom. The molecule has 0 saturated heterocycles. The van der Waals surface area contributed by atoms with Gasteiger partial charge in [0.25, 0.3) is 15.9 Å². The van der Waals surface area contributed by atoms with Crippen molar-refractivity contribution in [3.05, 3.63) is 68.3 Å². The molecule has 0 radical (unpaired) electrons. The molecule has 1 amide bonds. The third kappa shape index (κ3) is 5.21. The number of hydrogen-bond donors (Lipinski definition) is 1. The molecular formula is C14H9Cl3N2O3S. The summed E-state index contributed by atoms with van der Waals surface area (Å²) in [6.45, 7) is 0. The highest BCUT2D eigenvalue weighted by Gasteiger charge is 2.16. The Labute approximate surface area is 147 Å². The fourth-order valence-corrected chi connectivity index (χ4v) is 2.92. The highest BCUT2D eigenvalue weighted by molar-refractivity contribution is 7.93. The lowest BCUT2D eigenvalue weighted by atomic mass is 10.2. The molecule has 9 heteroatoms. The number of nitrogens with one attached hydrogen (secondary N) is 1. The second-order valence-electron chi connectivity index (χ2n) is 4.32. The van der Waals surface area contributed by atoms with Crippen molar-refractivity contribution in [2.75, 3.05) is 0 Å². The van der Waals surface area contributed by atoms with Crippen LogP contribution >= 0.6 is 34.8 Å². The van der Waals surface area contributed by atoms with E-state index in [0.717, 1.165) is 5.41 Å². The number of hydrogen-bond acceptors (Lipinski definition) is 4. The molecule has 5 nitrogen and oxygen atoms in total. The number of rotatable bonds is 4. The number of carbonyl (C=O) groups excluding carboxylic acids is 1. The summed E-state index contributed by atoms with van der Waals surface area (Å²) in [5.74, 6) is -0.856. The highest BCUT2D eigenvalue weighted by Crippen LogP contribution is 2.21. The van der Waals surface area contributed by atoms with Gasteiger partial charge >= 0.3 is 0 Å². The van der Waals surface area contributed by atoms with E-state index in [1.54, 1.807) is 6.07 Å². The maximum atomic E-state index is 12.0. The fraction of sp³-hybridized carbons (Fsp3) is 0. The molecule has 23 heavy (non-hydrogen) atoms. The monoisotopic (exact) mass is 390 g/mol. The Hall–Kier alpha value is -1.60. The van der Waals surface area contributed by atoms with Crippen molar-refractivity contribution >= 4 is 56.8 Å². The van der Waals surface area contributed by atoms with Crippen LogP contribution in [0.1, 0.15) is 15.9 Å². The van der Waals surface area contributed by atoms with Crippen LogP contribution < -0.4 is 4.72 Å². The zero-order valence-corrected chi connectivity index (χ0v) is 14.4. The Balaban J connectivity index is 2.14. The molecule has 1 heterocycles. The van der Waals surface area contributed by atoms with E-state index in [1.807, 2.05) is 4.72 Å². The van der Waals surface area contributed by atoms with Crippen molar-refractivity contribution < 1.29 is 13.2 Å². The van der Waals surface area contributed by atoms with Crippen molar-refractivity contribution in [3.8, 4) is 0 Å². The highest BCUT2D eigenvalue weighted by atomic mass is 35.5. The van der Waals surface area contributed by atoms with E-state index in [2.05, 4.69) is 4.98 Å². The molecule has 0 bridgehead atoms. The number of amides is 1. The van der Waals surface area contributed by atoms with Gasteiger partial charge in [-0.2, -0.15) is 0 Å². The second-order valence-corrected chi connectivity index (χ2v) is 7.11. The van der Waals surface area contributed by atoms with E-state index in [9.17, 15) is 13.2 Å². The largest absolute Gasteiger partial charge is 0.268 e. The quantitative estimate of drug-likeness (QED) is 0.805. The average molecular weight is 392 g/mol. The van der Waals surface area contributed by atoms with E-state index in [4.69, 9.17) is 34.8 Å². The van der Waals surface area contributed by atoms with Gasteiger partial charge in [-0.3, -0.25) is 4.79 Å². The number of nitrogens with zero attached hydrogens (tertiary/aromatic N) is 1. The Kier molecular flexibility index (Phi) is 5.64. The number of aromatic nitrogens is 1. The number of benzene rings is 1. The lowest BCUT2D eigenvalue weighted by molar-refractivity contribution is 0.0982. The predicted molar refractivity (Wildman–Crippen MR) is 91.1 cm³/mol. The second kappa shape index (κ2) is 7.31. The summed E-state index contributed by atoms with van der Waals surface area (Å²) < 4.78 is 25.7. The minimum absolute atomic E-state index is 0.00111. The molecule has 0 aliphatic carbocycles. The summed E-state index contributed by atoms with van der Waals surface area (Å²) in [4.78, 5) is 15.8. The predicted octanol–water partition coefficient (Wildman–Crippen LogP) is 3.77. The van der Waals surface area contributed by atoms with Gasteiger partial charge in [-0.15, -0.1) is 0 Å². The molecule has 0 spiro atoms. The smallest absolute Gasteiger partial charge is 0.266 e. The first-order valence-corrected chi connectivity index (χ1v) is 8.77. The summed E-state index contributed by atoms with van der Waals surface area (Å²) in [6, 6.07) is 7.21. The molecule has 0 aliphatic rings. The van der Waals surface area contributed by atoms with Crippen molar-refractivity contribution in [2.45, 2.75) is 0 Å². The molecule has 1 N–H and O–H groups in total. The first-order valence-electron chi connectivity index (χ1n) is 6.09. The van der Waals surface area contributed by atoms with Crippen molar-refractivity contribution in [2.24, 2.45) is 0 Å². The van der Waals surface area contributed by atoms with Gasteiger partial charge in [-0.1, -0.05) is 40.9 Å². The van der Waals surface area contributed by atoms with Gasteiger partial charge in [0.05, 0.1) is 16.0 Å². The van der Waals surface area contributed by atoms with E-state index in [-0.39, 0.29) is 15.7 Å². The van der Waals surface area contributed by atoms with E-state index >= 15 is 0 Å². The van der Waals surface area contributed by atoms with E-state index in [1.165, 1.54) is 36.5 Å². The molecule has 2 rings (SSSR count). The lowest BCUT2D eigenvalue weighted by Gasteiger charge is -2.05. The summed E-state index contributed by atoms with van der Waals surface area (Å²) in [7, 11) is -4.00. The van der Waals surface area contributed by atoms with Crippen LogP contribution in [0.3, 0.4) is 0 Å². The van der Waals surface area contributed by atoms with Crippen LogP contribution in [0.2, 0.25) is 15.2 Å². The van der Waals surface area contributed by atoms with Crippen LogP contribution in [-0.2, 0) is 10.0 Å². The van der Waals surface area contributed by atoms with Gasteiger partial charge in [-0.25, -0.2) is 18.1 Å². The minimum atomic E-state index is -4.00. The number of pyridine rings is 1. The van der Waals surface area contributed by atoms with Gasteiger partial charge in [0.15, 0.2) is 0 Å². The zero-order valence-electron chi connectivity index (χ0n) is 11.3. The molecule has 1 aromatic heterocycles. The topological polar surface area (TPSA) is 76.1 Å². The first-order chi connectivity index (χ1) is 10.8. The van der Waals surface area contributed by atoms with Crippen LogP contribution in [0, 0.1) is 0 Å². The summed E-state index contributed by atoms with van der Waals surface area (Å²) in [5, 5.41) is 1.52. The average Bonchev–Trinajstić information content (AvgIpc) is 2.46. The molecular weight excluding hydrogens is 383 g/mol. The SMILES string of the molecule is O=C(NS(=O)(=O)/C=C/c1ccc(Cl)nc1)c1ccc(Cl)cc1Cl.